The third-order valence-electron chi connectivity index (χ3n) is 5.12. The van der Waals surface area contributed by atoms with Gasteiger partial charge in [0.1, 0.15) is 11.6 Å². The number of nitrogens with zero attached hydrogens (tertiary/aromatic N) is 4. The summed E-state index contributed by atoms with van der Waals surface area (Å²) in [6.45, 7) is 3.82. The maximum absolute atomic E-state index is 13.0. The maximum Gasteiger partial charge on any atom is 0.277 e. The molecule has 2 aromatic heterocycles. The molecule has 29 heavy (non-hydrogen) atoms. The summed E-state index contributed by atoms with van der Waals surface area (Å²) in [7, 11) is -3.82. The molecule has 1 aromatic carbocycles. The van der Waals surface area contributed by atoms with E-state index in [1.54, 1.807) is 13.8 Å². The number of benzene rings is 1. The number of phenols is 1. The van der Waals surface area contributed by atoms with Crippen LogP contribution in [0, 0.1) is 13.8 Å². The van der Waals surface area contributed by atoms with Gasteiger partial charge in [-0.05, 0) is 44.9 Å². The Morgan fingerprint density at radius 2 is 1.90 bits per heavy atom. The number of H-pyrrole nitrogens is 1. The van der Waals surface area contributed by atoms with Gasteiger partial charge in [0, 0.05) is 13.1 Å². The lowest BCUT2D eigenvalue weighted by Gasteiger charge is -2.28. The Bertz CT molecular complexity index is 1260. The zero-order chi connectivity index (χ0) is 20.9. The van der Waals surface area contributed by atoms with Crippen LogP contribution in [0.4, 0.5) is 0 Å². The van der Waals surface area contributed by atoms with Crippen LogP contribution < -0.4 is 5.56 Å². The summed E-state index contributed by atoms with van der Waals surface area (Å²) >= 11 is 0. The molecular weight excluding hydrogens is 398 g/mol. The summed E-state index contributed by atoms with van der Waals surface area (Å²) in [5, 5.41) is 24.3. The molecule has 11 heteroatoms. The summed E-state index contributed by atoms with van der Waals surface area (Å²) in [6.07, 6.45) is 0.240. The Balaban J connectivity index is 1.81. The Hall–Kier alpha value is -2.76. The number of hydrogen-bond acceptors (Lipinski definition) is 7. The molecule has 3 heterocycles. The van der Waals surface area contributed by atoms with Crippen molar-refractivity contribution >= 4 is 15.5 Å². The summed E-state index contributed by atoms with van der Waals surface area (Å²) in [5.74, 6) is 0.321. The SMILES string of the molecule is Cc1nc(C)n2nc(-c3cc(S(=O)(=O)N4CCC(O)CC4)ccc3O)[nH]c(=O)c12. The molecule has 1 aliphatic heterocycles. The fourth-order valence-corrected chi connectivity index (χ4v) is 5.05. The highest BCUT2D eigenvalue weighted by atomic mass is 32.2. The summed E-state index contributed by atoms with van der Waals surface area (Å²) in [6, 6.07) is 3.86. The van der Waals surface area contributed by atoms with Crippen molar-refractivity contribution in [1.29, 1.82) is 0 Å². The first-order valence-electron chi connectivity index (χ1n) is 9.16. The summed E-state index contributed by atoms with van der Waals surface area (Å²) < 4.78 is 28.6. The molecule has 3 N–H and O–H groups in total. The Kier molecular flexibility index (Phi) is 4.68. The number of aromatic hydroxyl groups is 1. The monoisotopic (exact) mass is 419 g/mol. The van der Waals surface area contributed by atoms with E-state index in [0.717, 1.165) is 0 Å². The molecule has 0 atom stereocenters. The minimum atomic E-state index is -3.82. The van der Waals surface area contributed by atoms with Crippen molar-refractivity contribution in [2.24, 2.45) is 0 Å². The summed E-state index contributed by atoms with van der Waals surface area (Å²) in [4.78, 5) is 19.3. The van der Waals surface area contributed by atoms with Crippen LogP contribution in [-0.2, 0) is 10.0 Å². The lowest BCUT2D eigenvalue weighted by atomic mass is 10.1. The molecule has 0 amide bonds. The number of aryl methyl sites for hydroxylation is 2. The molecule has 1 aliphatic rings. The quantitative estimate of drug-likeness (QED) is 0.563. The van der Waals surface area contributed by atoms with E-state index in [4.69, 9.17) is 0 Å². The van der Waals surface area contributed by atoms with Crippen LogP contribution in [0.1, 0.15) is 24.4 Å². The van der Waals surface area contributed by atoms with Crippen LogP contribution in [0.3, 0.4) is 0 Å². The zero-order valence-corrected chi connectivity index (χ0v) is 16.8. The molecule has 10 nitrogen and oxygen atoms in total. The third kappa shape index (κ3) is 3.30. The van der Waals surface area contributed by atoms with Gasteiger partial charge in [-0.1, -0.05) is 0 Å². The molecule has 0 radical (unpaired) electrons. The van der Waals surface area contributed by atoms with E-state index >= 15 is 0 Å². The molecule has 0 unspecified atom stereocenters. The van der Waals surface area contributed by atoms with Gasteiger partial charge < -0.3 is 15.2 Å². The minimum Gasteiger partial charge on any atom is -0.507 e. The van der Waals surface area contributed by atoms with Crippen molar-refractivity contribution in [2.45, 2.75) is 37.7 Å². The van der Waals surface area contributed by atoms with E-state index in [1.165, 1.54) is 27.0 Å². The molecule has 3 aromatic rings. The first kappa shape index (κ1) is 19.6. The normalized spacial score (nSPS) is 16.5. The molecule has 1 saturated heterocycles. The number of fused-ring (bicyclic) bond motifs is 1. The van der Waals surface area contributed by atoms with E-state index in [0.29, 0.717) is 29.9 Å². The fraction of sp³-hybridized carbons (Fsp3) is 0.389. The maximum atomic E-state index is 13.0. The van der Waals surface area contributed by atoms with E-state index in [9.17, 15) is 23.4 Å². The largest absolute Gasteiger partial charge is 0.507 e. The number of rotatable bonds is 3. The van der Waals surface area contributed by atoms with Crippen molar-refractivity contribution < 1.29 is 18.6 Å². The van der Waals surface area contributed by atoms with E-state index in [-0.39, 0.29) is 35.1 Å². The minimum absolute atomic E-state index is 0.0250. The predicted octanol–water partition coefficient (Wildman–Crippen LogP) is 0.552. The zero-order valence-electron chi connectivity index (χ0n) is 16.0. The predicted molar refractivity (Wildman–Crippen MR) is 104 cm³/mol. The van der Waals surface area contributed by atoms with Gasteiger partial charge >= 0.3 is 0 Å². The van der Waals surface area contributed by atoms with Gasteiger partial charge in [-0.25, -0.2) is 17.9 Å². The number of aliphatic hydroxyl groups is 1. The van der Waals surface area contributed by atoms with Crippen LogP contribution in [0.5, 0.6) is 5.75 Å². The van der Waals surface area contributed by atoms with Gasteiger partial charge in [0.25, 0.3) is 5.56 Å². The van der Waals surface area contributed by atoms with Crippen LogP contribution >= 0.6 is 0 Å². The van der Waals surface area contributed by atoms with Crippen molar-refractivity contribution in [2.75, 3.05) is 13.1 Å². The number of hydrogen-bond donors (Lipinski definition) is 3. The number of nitrogens with one attached hydrogen (secondary N) is 1. The first-order valence-corrected chi connectivity index (χ1v) is 10.6. The van der Waals surface area contributed by atoms with Gasteiger partial charge in [-0.3, -0.25) is 4.79 Å². The fourth-order valence-electron chi connectivity index (χ4n) is 3.55. The lowest BCUT2D eigenvalue weighted by molar-refractivity contribution is 0.113. The van der Waals surface area contributed by atoms with Crippen molar-refractivity contribution in [3.63, 3.8) is 0 Å². The average Bonchev–Trinajstić information content (AvgIpc) is 2.96. The molecule has 0 saturated carbocycles. The number of aromatic nitrogens is 4. The van der Waals surface area contributed by atoms with Crippen molar-refractivity contribution in [3.05, 3.63) is 40.1 Å². The Morgan fingerprint density at radius 3 is 2.59 bits per heavy atom. The highest BCUT2D eigenvalue weighted by molar-refractivity contribution is 7.89. The third-order valence-corrected chi connectivity index (χ3v) is 7.02. The second-order valence-corrected chi connectivity index (χ2v) is 9.06. The topological polar surface area (TPSA) is 141 Å². The molecular formula is C18H21N5O5S. The second kappa shape index (κ2) is 6.94. The number of phenolic OH excluding ortho intramolecular Hbond substituents is 1. The van der Waals surface area contributed by atoms with Gasteiger partial charge in [0.15, 0.2) is 11.3 Å². The smallest absolute Gasteiger partial charge is 0.277 e. The van der Waals surface area contributed by atoms with Gasteiger partial charge in [0.05, 0.1) is 22.3 Å². The van der Waals surface area contributed by atoms with Crippen LogP contribution in [0.15, 0.2) is 27.9 Å². The molecule has 0 aliphatic carbocycles. The van der Waals surface area contributed by atoms with Crippen LogP contribution in [-0.4, -0.2) is 61.7 Å². The summed E-state index contributed by atoms with van der Waals surface area (Å²) in [5.41, 5.74) is 0.468. The van der Waals surface area contributed by atoms with E-state index < -0.39 is 21.7 Å². The number of imidazole rings is 1. The van der Waals surface area contributed by atoms with Crippen molar-refractivity contribution in [3.8, 4) is 17.1 Å². The van der Waals surface area contributed by atoms with Gasteiger partial charge in [0.2, 0.25) is 10.0 Å². The van der Waals surface area contributed by atoms with Crippen molar-refractivity contribution in [1.82, 2.24) is 23.9 Å². The number of piperidine rings is 1. The molecule has 154 valence electrons. The standard InChI is InChI=1S/C18H21N5O5S/c1-10-16-18(26)20-17(21-23(16)11(2)19-10)14-9-13(3-4-15(14)25)29(27,28)22-7-5-12(24)6-8-22/h3-4,9,12,24-25H,5-8H2,1-2H3,(H,20,21,26). The van der Waals surface area contributed by atoms with Gasteiger partial charge in [-0.15, -0.1) is 5.10 Å². The number of sulfonamides is 1. The average molecular weight is 419 g/mol. The van der Waals surface area contributed by atoms with Crippen LogP contribution in [0.2, 0.25) is 0 Å². The molecule has 4 rings (SSSR count). The van der Waals surface area contributed by atoms with Gasteiger partial charge in [-0.2, -0.15) is 4.31 Å². The lowest BCUT2D eigenvalue weighted by Crippen LogP contribution is -2.40. The van der Waals surface area contributed by atoms with E-state index in [1.807, 2.05) is 0 Å². The molecule has 0 bridgehead atoms. The second-order valence-electron chi connectivity index (χ2n) is 7.12. The number of aromatic amines is 1. The molecule has 0 spiro atoms. The highest BCUT2D eigenvalue weighted by Gasteiger charge is 2.29. The Morgan fingerprint density at radius 1 is 1.21 bits per heavy atom. The Labute approximate surface area is 166 Å². The van der Waals surface area contributed by atoms with E-state index in [2.05, 4.69) is 15.1 Å². The number of aliphatic hydroxyl groups excluding tert-OH is 1. The molecule has 1 fully saturated rings. The first-order chi connectivity index (χ1) is 13.7. The van der Waals surface area contributed by atoms with Crippen LogP contribution in [0.25, 0.3) is 16.9 Å². The highest BCUT2D eigenvalue weighted by Crippen LogP contribution is 2.31.